The number of halogens is 1. The number of anilines is 3. The maximum absolute atomic E-state index is 14.0. The molecule has 202 valence electrons. The molecule has 0 radical (unpaired) electrons. The molecular weight excluding hydrogens is 499 g/mol. The summed E-state index contributed by atoms with van der Waals surface area (Å²) in [6.07, 6.45) is 4.40. The number of hydrogen-bond donors (Lipinski definition) is 1. The fourth-order valence-electron chi connectivity index (χ4n) is 5.92. The minimum atomic E-state index is -0.252. The third-order valence-corrected chi connectivity index (χ3v) is 8.17. The van der Waals surface area contributed by atoms with Gasteiger partial charge < -0.3 is 24.8 Å². The van der Waals surface area contributed by atoms with Gasteiger partial charge in [-0.25, -0.2) is 19.2 Å². The number of fused-ring (bicyclic) bond motifs is 2. The molecule has 6 rings (SSSR count). The Bertz CT molecular complexity index is 1440. The van der Waals surface area contributed by atoms with Crippen LogP contribution in [0.2, 0.25) is 0 Å². The Morgan fingerprint density at radius 1 is 1.05 bits per heavy atom. The number of methoxy groups -OCH3 is 1. The number of carbonyl (C=O) groups is 2. The van der Waals surface area contributed by atoms with Gasteiger partial charge in [-0.3, -0.25) is 4.79 Å². The highest BCUT2D eigenvalue weighted by atomic mass is 19.1. The summed E-state index contributed by atoms with van der Waals surface area (Å²) >= 11 is 0. The van der Waals surface area contributed by atoms with Gasteiger partial charge in [0.15, 0.2) is 0 Å². The van der Waals surface area contributed by atoms with Gasteiger partial charge in [-0.1, -0.05) is 0 Å². The summed E-state index contributed by atoms with van der Waals surface area (Å²) in [7, 11) is 1.64. The van der Waals surface area contributed by atoms with Crippen LogP contribution in [0.4, 0.5) is 26.4 Å². The molecule has 0 aliphatic carbocycles. The van der Waals surface area contributed by atoms with Crippen LogP contribution in [0.1, 0.15) is 40.0 Å². The predicted molar refractivity (Wildman–Crippen MR) is 146 cm³/mol. The van der Waals surface area contributed by atoms with Crippen molar-refractivity contribution >= 4 is 29.1 Å². The maximum atomic E-state index is 14.0. The Morgan fingerprint density at radius 3 is 2.67 bits per heavy atom. The summed E-state index contributed by atoms with van der Waals surface area (Å²) in [5.41, 5.74) is 4.44. The van der Waals surface area contributed by atoms with E-state index in [-0.39, 0.29) is 23.8 Å². The van der Waals surface area contributed by atoms with Crippen LogP contribution < -0.4 is 19.9 Å². The molecular formula is C29H31FN6O3. The first-order valence-corrected chi connectivity index (χ1v) is 13.3. The summed E-state index contributed by atoms with van der Waals surface area (Å²) in [6.45, 7) is 4.32. The number of benzene rings is 2. The Hall–Kier alpha value is -4.21. The molecule has 3 aliphatic rings. The maximum Gasteiger partial charge on any atom is 0.322 e. The fourth-order valence-corrected chi connectivity index (χ4v) is 5.92. The van der Waals surface area contributed by atoms with Gasteiger partial charge in [-0.2, -0.15) is 0 Å². The van der Waals surface area contributed by atoms with Gasteiger partial charge in [0.2, 0.25) is 0 Å². The van der Waals surface area contributed by atoms with Crippen molar-refractivity contribution in [3.05, 3.63) is 70.9 Å². The van der Waals surface area contributed by atoms with E-state index in [1.54, 1.807) is 31.1 Å². The van der Waals surface area contributed by atoms with E-state index >= 15 is 0 Å². The minimum absolute atomic E-state index is 0.0756. The van der Waals surface area contributed by atoms with E-state index in [2.05, 4.69) is 20.2 Å². The second kappa shape index (κ2) is 10.2. The highest BCUT2D eigenvalue weighted by Gasteiger charge is 2.32. The molecule has 10 heteroatoms. The van der Waals surface area contributed by atoms with Crippen molar-refractivity contribution in [1.82, 2.24) is 14.9 Å². The summed E-state index contributed by atoms with van der Waals surface area (Å²) in [5, 5.41) is 3.06. The van der Waals surface area contributed by atoms with Gasteiger partial charge in [0.25, 0.3) is 5.91 Å². The van der Waals surface area contributed by atoms with E-state index < -0.39 is 0 Å². The SMILES string of the molecule is COc1ccc2c(c1)CCN(C1CCN(c3cc(C(=O)N4CCc5c4ccc(F)c5C)ncn3)CC1)C(=O)N2. The zero-order chi connectivity index (χ0) is 27.1. The number of rotatable bonds is 4. The van der Waals surface area contributed by atoms with Gasteiger partial charge >= 0.3 is 6.03 Å². The molecule has 3 aliphatic heterocycles. The number of carbonyl (C=O) groups excluding carboxylic acids is 2. The summed E-state index contributed by atoms with van der Waals surface area (Å²) in [4.78, 5) is 40.9. The summed E-state index contributed by atoms with van der Waals surface area (Å²) < 4.78 is 19.3. The lowest BCUT2D eigenvalue weighted by atomic mass is 10.0. The zero-order valence-corrected chi connectivity index (χ0v) is 22.1. The van der Waals surface area contributed by atoms with Crippen molar-refractivity contribution in [3.8, 4) is 5.75 Å². The lowest BCUT2D eigenvalue weighted by Crippen LogP contribution is -2.49. The summed E-state index contributed by atoms with van der Waals surface area (Å²) in [5.74, 6) is 1.01. The van der Waals surface area contributed by atoms with Crippen LogP contribution in [0, 0.1) is 12.7 Å². The fraction of sp³-hybridized carbons (Fsp3) is 0.379. The van der Waals surface area contributed by atoms with Gasteiger partial charge in [-0.15, -0.1) is 0 Å². The quantitative estimate of drug-likeness (QED) is 0.544. The third-order valence-electron chi connectivity index (χ3n) is 8.17. The van der Waals surface area contributed by atoms with E-state index in [0.29, 0.717) is 49.7 Å². The highest BCUT2D eigenvalue weighted by molar-refractivity contribution is 6.06. The average Bonchev–Trinajstić information content (AvgIpc) is 3.33. The smallest absolute Gasteiger partial charge is 0.322 e. The number of aromatic nitrogens is 2. The largest absolute Gasteiger partial charge is 0.497 e. The number of ether oxygens (including phenoxy) is 1. The Kier molecular flexibility index (Phi) is 6.54. The standard InChI is InChI=1S/C29H31FN6O3/c1-18-22-10-14-36(26(22)6-4-23(18)30)28(37)25-16-27(32-17-31-25)34-11-8-20(9-12-34)35-13-7-19-15-21(39-2)3-5-24(19)33-29(35)38/h3-6,15-17,20H,7-14H2,1-2H3,(H,33,38). The minimum Gasteiger partial charge on any atom is -0.497 e. The first-order chi connectivity index (χ1) is 18.9. The molecule has 0 saturated carbocycles. The van der Waals surface area contributed by atoms with Crippen molar-refractivity contribution in [3.63, 3.8) is 0 Å². The second-order valence-electron chi connectivity index (χ2n) is 10.3. The number of amides is 3. The van der Waals surface area contributed by atoms with Crippen molar-refractivity contribution in [2.75, 3.05) is 48.4 Å². The normalized spacial score (nSPS) is 17.4. The van der Waals surface area contributed by atoms with Gasteiger partial charge in [-0.05, 0) is 79.6 Å². The topological polar surface area (TPSA) is 90.9 Å². The first-order valence-electron chi connectivity index (χ1n) is 13.3. The molecule has 1 aromatic heterocycles. The number of nitrogens with zero attached hydrogens (tertiary/aromatic N) is 5. The van der Waals surface area contributed by atoms with Crippen LogP contribution in [-0.2, 0) is 12.8 Å². The van der Waals surface area contributed by atoms with E-state index in [9.17, 15) is 14.0 Å². The number of piperidine rings is 1. The molecule has 1 saturated heterocycles. The average molecular weight is 531 g/mol. The van der Waals surface area contributed by atoms with Crippen LogP contribution in [-0.4, -0.2) is 66.1 Å². The van der Waals surface area contributed by atoms with Crippen LogP contribution in [0.3, 0.4) is 0 Å². The number of nitrogens with one attached hydrogen (secondary N) is 1. The van der Waals surface area contributed by atoms with E-state index in [4.69, 9.17) is 4.74 Å². The Morgan fingerprint density at radius 2 is 1.87 bits per heavy atom. The predicted octanol–water partition coefficient (Wildman–Crippen LogP) is 4.19. The van der Waals surface area contributed by atoms with Crippen molar-refractivity contribution in [1.29, 1.82) is 0 Å². The van der Waals surface area contributed by atoms with E-state index in [1.807, 2.05) is 23.1 Å². The molecule has 3 amide bonds. The third kappa shape index (κ3) is 4.64. The Labute approximate surface area is 226 Å². The highest BCUT2D eigenvalue weighted by Crippen LogP contribution is 2.33. The lowest BCUT2D eigenvalue weighted by Gasteiger charge is -2.38. The van der Waals surface area contributed by atoms with Crippen molar-refractivity contribution in [2.24, 2.45) is 0 Å². The van der Waals surface area contributed by atoms with Crippen LogP contribution in [0.25, 0.3) is 0 Å². The van der Waals surface area contributed by atoms with Crippen molar-refractivity contribution in [2.45, 2.75) is 38.6 Å². The number of urea groups is 1. The zero-order valence-electron chi connectivity index (χ0n) is 22.1. The first kappa shape index (κ1) is 25.1. The molecule has 9 nitrogen and oxygen atoms in total. The second-order valence-corrected chi connectivity index (χ2v) is 10.3. The molecule has 1 fully saturated rings. The van der Waals surface area contributed by atoms with Crippen LogP contribution in [0.5, 0.6) is 5.75 Å². The monoisotopic (exact) mass is 530 g/mol. The molecule has 39 heavy (non-hydrogen) atoms. The van der Waals surface area contributed by atoms with Crippen molar-refractivity contribution < 1.29 is 18.7 Å². The lowest BCUT2D eigenvalue weighted by molar-refractivity contribution is 0.0984. The Balaban J connectivity index is 1.11. The van der Waals surface area contributed by atoms with Crippen LogP contribution in [0.15, 0.2) is 42.7 Å². The molecule has 0 bridgehead atoms. The number of hydrogen-bond acceptors (Lipinski definition) is 6. The van der Waals surface area contributed by atoms with E-state index in [0.717, 1.165) is 47.5 Å². The molecule has 2 aromatic carbocycles. The molecule has 0 unspecified atom stereocenters. The molecule has 1 N–H and O–H groups in total. The van der Waals surface area contributed by atoms with E-state index in [1.165, 1.54) is 12.4 Å². The van der Waals surface area contributed by atoms with Crippen LogP contribution >= 0.6 is 0 Å². The van der Waals surface area contributed by atoms with Gasteiger partial charge in [0, 0.05) is 49.7 Å². The molecule has 3 aromatic rings. The molecule has 0 spiro atoms. The molecule has 0 atom stereocenters. The van der Waals surface area contributed by atoms with Gasteiger partial charge in [0.1, 0.15) is 29.4 Å². The summed E-state index contributed by atoms with van der Waals surface area (Å²) in [6, 6.07) is 10.6. The molecule has 4 heterocycles. The van der Waals surface area contributed by atoms with Gasteiger partial charge in [0.05, 0.1) is 7.11 Å².